The highest BCUT2D eigenvalue weighted by molar-refractivity contribution is 6.26. The molecular formula is C51H29N3O2. The molecule has 0 amide bonds. The number of hydrogen-bond donors (Lipinski definition) is 0. The summed E-state index contributed by atoms with van der Waals surface area (Å²) in [7, 11) is 0. The summed E-state index contributed by atoms with van der Waals surface area (Å²) in [6, 6.07) is 61.1. The Morgan fingerprint density at radius 2 is 0.768 bits per heavy atom. The van der Waals surface area contributed by atoms with Crippen molar-refractivity contribution in [1.82, 2.24) is 15.0 Å². The number of benzene rings is 9. The highest BCUT2D eigenvalue weighted by Gasteiger charge is 2.18. The summed E-state index contributed by atoms with van der Waals surface area (Å²) in [6.07, 6.45) is 0. The lowest BCUT2D eigenvalue weighted by Crippen LogP contribution is -2.00. The Bertz CT molecular complexity index is 3510. The molecule has 3 aromatic heterocycles. The molecule has 0 bridgehead atoms. The van der Waals surface area contributed by atoms with E-state index in [9.17, 15) is 0 Å². The van der Waals surface area contributed by atoms with Crippen molar-refractivity contribution in [3.63, 3.8) is 0 Å². The van der Waals surface area contributed by atoms with E-state index in [1.54, 1.807) is 0 Å². The molecule has 9 aromatic carbocycles. The van der Waals surface area contributed by atoms with E-state index in [1.165, 1.54) is 32.3 Å². The Balaban J connectivity index is 1.01. The van der Waals surface area contributed by atoms with Crippen LogP contribution < -0.4 is 0 Å². The van der Waals surface area contributed by atoms with Gasteiger partial charge in [-0.2, -0.15) is 0 Å². The van der Waals surface area contributed by atoms with Crippen LogP contribution in [0.2, 0.25) is 0 Å². The van der Waals surface area contributed by atoms with E-state index in [1.807, 2.05) is 60.7 Å². The predicted octanol–water partition coefficient (Wildman–Crippen LogP) is 13.8. The Labute approximate surface area is 320 Å². The van der Waals surface area contributed by atoms with Crippen LogP contribution >= 0.6 is 0 Å². The topological polar surface area (TPSA) is 65.0 Å². The summed E-state index contributed by atoms with van der Waals surface area (Å²) in [5, 5.41) is 11.7. The van der Waals surface area contributed by atoms with Gasteiger partial charge in [-0.05, 0) is 80.3 Å². The number of nitrogens with zero attached hydrogens (tertiary/aromatic N) is 3. The summed E-state index contributed by atoms with van der Waals surface area (Å²) in [6.45, 7) is 0. The molecule has 0 saturated carbocycles. The number of furan rings is 2. The van der Waals surface area contributed by atoms with Gasteiger partial charge in [0.2, 0.25) is 0 Å². The first-order chi connectivity index (χ1) is 27.7. The average molecular weight is 716 g/mol. The molecule has 3 heterocycles. The maximum Gasteiger partial charge on any atom is 0.164 e. The van der Waals surface area contributed by atoms with E-state index in [0.29, 0.717) is 17.5 Å². The van der Waals surface area contributed by atoms with E-state index in [-0.39, 0.29) is 0 Å². The molecule has 260 valence electrons. The molecule has 0 spiro atoms. The zero-order valence-electron chi connectivity index (χ0n) is 29.9. The summed E-state index contributed by atoms with van der Waals surface area (Å²) in [4.78, 5) is 15.1. The van der Waals surface area contributed by atoms with Crippen molar-refractivity contribution in [3.8, 4) is 45.3 Å². The third kappa shape index (κ3) is 4.71. The lowest BCUT2D eigenvalue weighted by molar-refractivity contribution is 0.669. The molecule has 5 nitrogen and oxygen atoms in total. The van der Waals surface area contributed by atoms with Crippen LogP contribution in [0.5, 0.6) is 0 Å². The quantitative estimate of drug-likeness (QED) is 0.170. The fraction of sp³-hybridized carbons (Fsp3) is 0. The van der Waals surface area contributed by atoms with E-state index in [4.69, 9.17) is 23.8 Å². The monoisotopic (exact) mass is 715 g/mol. The second kappa shape index (κ2) is 11.9. The maximum absolute atomic E-state index is 6.80. The summed E-state index contributed by atoms with van der Waals surface area (Å²) < 4.78 is 12.9. The third-order valence-electron chi connectivity index (χ3n) is 11.1. The Morgan fingerprint density at radius 1 is 0.268 bits per heavy atom. The zero-order valence-corrected chi connectivity index (χ0v) is 29.9. The van der Waals surface area contributed by atoms with Gasteiger partial charge in [0, 0.05) is 43.8 Å². The molecule has 56 heavy (non-hydrogen) atoms. The van der Waals surface area contributed by atoms with Gasteiger partial charge in [-0.15, -0.1) is 0 Å². The number of hydrogen-bond acceptors (Lipinski definition) is 5. The van der Waals surface area contributed by atoms with Crippen molar-refractivity contribution in [1.29, 1.82) is 0 Å². The molecule has 0 aliphatic rings. The second-order valence-electron chi connectivity index (χ2n) is 14.3. The number of para-hydroxylation sites is 2. The minimum absolute atomic E-state index is 0.571. The Hall–Kier alpha value is -7.63. The van der Waals surface area contributed by atoms with Crippen LogP contribution in [-0.4, -0.2) is 15.0 Å². The molecule has 0 atom stereocenters. The molecule has 0 saturated heterocycles. The molecule has 0 fully saturated rings. The van der Waals surface area contributed by atoms with Crippen LogP contribution in [0.3, 0.4) is 0 Å². The van der Waals surface area contributed by atoms with Gasteiger partial charge in [0.05, 0.1) is 0 Å². The van der Waals surface area contributed by atoms with Gasteiger partial charge >= 0.3 is 0 Å². The first-order valence-electron chi connectivity index (χ1n) is 18.8. The summed E-state index contributed by atoms with van der Waals surface area (Å²) >= 11 is 0. The fourth-order valence-electron chi connectivity index (χ4n) is 8.46. The number of fused-ring (bicyclic) bond motifs is 12. The van der Waals surface area contributed by atoms with Crippen molar-refractivity contribution in [2.24, 2.45) is 0 Å². The molecule has 0 aliphatic carbocycles. The van der Waals surface area contributed by atoms with E-state index in [2.05, 4.69) is 115 Å². The van der Waals surface area contributed by atoms with Crippen LogP contribution in [0.1, 0.15) is 0 Å². The Morgan fingerprint density at radius 3 is 1.52 bits per heavy atom. The standard InChI is InChI=1S/C51H29N3O2/c1-2-11-30(12-3-1)49-52-50(32-23-26-46-44(28-32)40-17-8-9-20-45(40)55-46)54-51(53-49)33-22-25-41-42-19-10-18-34(48(42)56-47(41)29-33)31-21-24-39-37-15-5-4-13-35(37)36-14-6-7-16-38(36)43(39)27-31/h1-29H. The molecular weight excluding hydrogens is 687 g/mol. The largest absolute Gasteiger partial charge is 0.456 e. The van der Waals surface area contributed by atoms with Gasteiger partial charge in [0.15, 0.2) is 17.5 Å². The molecule has 12 aromatic rings. The minimum atomic E-state index is 0.571. The van der Waals surface area contributed by atoms with Crippen LogP contribution in [0.25, 0.3) is 121 Å². The van der Waals surface area contributed by atoms with Gasteiger partial charge in [-0.3, -0.25) is 0 Å². The summed E-state index contributed by atoms with van der Waals surface area (Å²) in [5.41, 5.74) is 8.11. The smallest absolute Gasteiger partial charge is 0.164 e. The average Bonchev–Trinajstić information content (AvgIpc) is 3.84. The van der Waals surface area contributed by atoms with Gasteiger partial charge < -0.3 is 8.83 Å². The van der Waals surface area contributed by atoms with Crippen LogP contribution in [0.4, 0.5) is 0 Å². The molecule has 0 unspecified atom stereocenters. The van der Waals surface area contributed by atoms with E-state index < -0.39 is 0 Å². The number of rotatable bonds is 4. The van der Waals surface area contributed by atoms with Gasteiger partial charge in [0.1, 0.15) is 22.3 Å². The predicted molar refractivity (Wildman–Crippen MR) is 229 cm³/mol. The van der Waals surface area contributed by atoms with E-state index >= 15 is 0 Å². The zero-order chi connectivity index (χ0) is 36.7. The van der Waals surface area contributed by atoms with Crippen LogP contribution in [-0.2, 0) is 0 Å². The van der Waals surface area contributed by atoms with Crippen molar-refractivity contribution < 1.29 is 8.83 Å². The van der Waals surface area contributed by atoms with Crippen molar-refractivity contribution in [2.75, 3.05) is 0 Å². The lowest BCUT2D eigenvalue weighted by Gasteiger charge is -2.12. The fourth-order valence-corrected chi connectivity index (χ4v) is 8.46. The first kappa shape index (κ1) is 30.8. The van der Waals surface area contributed by atoms with E-state index in [0.717, 1.165) is 71.7 Å². The third-order valence-corrected chi connectivity index (χ3v) is 11.1. The van der Waals surface area contributed by atoms with Crippen LogP contribution in [0, 0.1) is 0 Å². The van der Waals surface area contributed by atoms with Gasteiger partial charge in [0.25, 0.3) is 0 Å². The lowest BCUT2D eigenvalue weighted by atomic mass is 9.92. The minimum Gasteiger partial charge on any atom is -0.456 e. The van der Waals surface area contributed by atoms with Crippen LogP contribution in [0.15, 0.2) is 185 Å². The summed E-state index contributed by atoms with van der Waals surface area (Å²) in [5.74, 6) is 1.76. The SMILES string of the molecule is c1ccc(-c2nc(-c3ccc4c(c3)oc3c(-c5ccc6c7ccccc7c7ccccc7c6c5)cccc34)nc(-c3ccc4oc5ccccc5c4c3)n2)cc1. The second-order valence-corrected chi connectivity index (χ2v) is 14.3. The highest BCUT2D eigenvalue weighted by atomic mass is 16.3. The number of aromatic nitrogens is 3. The molecule has 5 heteroatoms. The van der Waals surface area contributed by atoms with Crippen molar-refractivity contribution >= 4 is 76.2 Å². The van der Waals surface area contributed by atoms with Gasteiger partial charge in [-0.25, -0.2) is 15.0 Å². The molecule has 0 radical (unpaired) electrons. The maximum atomic E-state index is 6.80. The van der Waals surface area contributed by atoms with Crippen molar-refractivity contribution in [3.05, 3.63) is 176 Å². The van der Waals surface area contributed by atoms with Crippen molar-refractivity contribution in [2.45, 2.75) is 0 Å². The highest BCUT2D eigenvalue weighted by Crippen LogP contribution is 2.41. The molecule has 12 rings (SSSR count). The molecule has 0 aliphatic heterocycles. The normalized spacial score (nSPS) is 11.9. The first-order valence-corrected chi connectivity index (χ1v) is 18.8. The van der Waals surface area contributed by atoms with Gasteiger partial charge in [-0.1, -0.05) is 133 Å². The Kier molecular flexibility index (Phi) is 6.56. The molecule has 0 N–H and O–H groups in total.